The molecule has 0 saturated heterocycles. The van der Waals surface area contributed by atoms with Gasteiger partial charge in [-0.05, 0) is 42.9 Å². The third-order valence-corrected chi connectivity index (χ3v) is 6.11. The van der Waals surface area contributed by atoms with Gasteiger partial charge in [-0.2, -0.15) is 0 Å². The predicted octanol–water partition coefficient (Wildman–Crippen LogP) is 7.73. The quantitative estimate of drug-likeness (QED) is 0.143. The van der Waals surface area contributed by atoms with E-state index in [0.29, 0.717) is 37.9 Å². The van der Waals surface area contributed by atoms with Crippen LogP contribution in [0.1, 0.15) is 125 Å². The second kappa shape index (κ2) is 19.6. The fourth-order valence-corrected chi connectivity index (χ4v) is 3.74. The van der Waals surface area contributed by atoms with E-state index in [9.17, 15) is 9.59 Å². The Kier molecular flexibility index (Phi) is 18.9. The third-order valence-electron chi connectivity index (χ3n) is 6.11. The van der Waals surface area contributed by atoms with Crippen molar-refractivity contribution in [3.05, 3.63) is 0 Å². The Morgan fingerprint density at radius 3 is 1.32 bits per heavy atom. The van der Waals surface area contributed by atoms with E-state index in [-0.39, 0.29) is 11.9 Å². The van der Waals surface area contributed by atoms with E-state index in [1.165, 1.54) is 25.7 Å². The van der Waals surface area contributed by atoms with E-state index in [0.717, 1.165) is 56.8 Å². The molecule has 0 bridgehead atoms. The van der Waals surface area contributed by atoms with Gasteiger partial charge in [-0.25, -0.2) is 0 Å². The summed E-state index contributed by atoms with van der Waals surface area (Å²) in [6.07, 6.45) is 12.8. The van der Waals surface area contributed by atoms with Crippen LogP contribution >= 0.6 is 0 Å². The number of hydrogen-bond acceptors (Lipinski definition) is 4. The van der Waals surface area contributed by atoms with Crippen LogP contribution in [-0.2, 0) is 19.1 Å². The zero-order valence-corrected chi connectivity index (χ0v) is 21.5. The highest BCUT2D eigenvalue weighted by Gasteiger charge is 2.18. The molecule has 4 nitrogen and oxygen atoms in total. The van der Waals surface area contributed by atoms with Crippen molar-refractivity contribution < 1.29 is 19.1 Å². The van der Waals surface area contributed by atoms with Crippen LogP contribution in [0, 0.1) is 23.7 Å². The van der Waals surface area contributed by atoms with Gasteiger partial charge in [-0.1, -0.05) is 92.9 Å². The second-order valence-electron chi connectivity index (χ2n) is 10.1. The fourth-order valence-electron chi connectivity index (χ4n) is 3.74. The molecule has 0 aromatic heterocycles. The van der Waals surface area contributed by atoms with Gasteiger partial charge < -0.3 is 9.47 Å². The molecule has 184 valence electrons. The minimum atomic E-state index is -0.0695. The molecule has 0 amide bonds. The Morgan fingerprint density at radius 1 is 0.613 bits per heavy atom. The second-order valence-corrected chi connectivity index (χ2v) is 10.1. The predicted molar refractivity (Wildman–Crippen MR) is 130 cm³/mol. The van der Waals surface area contributed by atoms with Gasteiger partial charge in [0.15, 0.2) is 0 Å². The van der Waals surface area contributed by atoms with E-state index in [2.05, 4.69) is 41.5 Å². The molecule has 4 heteroatoms. The largest absolute Gasteiger partial charge is 0.465 e. The van der Waals surface area contributed by atoms with Crippen LogP contribution in [0.4, 0.5) is 0 Å². The average molecular weight is 441 g/mol. The summed E-state index contributed by atoms with van der Waals surface area (Å²) < 4.78 is 11.1. The first-order valence-electron chi connectivity index (χ1n) is 13.1. The minimum Gasteiger partial charge on any atom is -0.465 e. The molecule has 0 aromatic rings. The minimum absolute atomic E-state index is 0.0695. The molecule has 0 heterocycles. The number of rotatable bonds is 20. The summed E-state index contributed by atoms with van der Waals surface area (Å²) in [6, 6.07) is 0. The number of esters is 2. The summed E-state index contributed by atoms with van der Waals surface area (Å²) in [4.78, 5) is 24.0. The lowest BCUT2D eigenvalue weighted by atomic mass is 9.92. The van der Waals surface area contributed by atoms with Gasteiger partial charge in [-0.15, -0.1) is 0 Å². The molecular formula is C27H52O4. The van der Waals surface area contributed by atoms with E-state index in [1.54, 1.807) is 0 Å². The first-order chi connectivity index (χ1) is 14.8. The summed E-state index contributed by atoms with van der Waals surface area (Å²) in [7, 11) is 0. The molecule has 0 rings (SSSR count). The van der Waals surface area contributed by atoms with Crippen LogP contribution < -0.4 is 0 Å². The first kappa shape index (κ1) is 29.9. The highest BCUT2D eigenvalue weighted by molar-refractivity contribution is 5.69. The van der Waals surface area contributed by atoms with Gasteiger partial charge in [0.1, 0.15) is 0 Å². The Bertz CT molecular complexity index is 405. The van der Waals surface area contributed by atoms with Gasteiger partial charge in [0.2, 0.25) is 0 Å². The van der Waals surface area contributed by atoms with Crippen molar-refractivity contribution in [1.82, 2.24) is 0 Å². The molecule has 31 heavy (non-hydrogen) atoms. The van der Waals surface area contributed by atoms with Crippen LogP contribution in [-0.4, -0.2) is 25.2 Å². The van der Waals surface area contributed by atoms with Crippen LogP contribution in [0.2, 0.25) is 0 Å². The Balaban J connectivity index is 4.00. The zero-order valence-electron chi connectivity index (χ0n) is 21.5. The normalized spacial score (nSPS) is 13.4. The van der Waals surface area contributed by atoms with Crippen molar-refractivity contribution in [2.45, 2.75) is 125 Å². The molecule has 0 fully saturated rings. The van der Waals surface area contributed by atoms with Crippen LogP contribution in [0.25, 0.3) is 0 Å². The van der Waals surface area contributed by atoms with Crippen molar-refractivity contribution in [2.24, 2.45) is 23.7 Å². The summed E-state index contributed by atoms with van der Waals surface area (Å²) in [5.74, 6) is 2.00. The number of unbranched alkanes of at least 4 members (excludes halogenated alkanes) is 4. The lowest BCUT2D eigenvalue weighted by molar-refractivity contribution is -0.145. The van der Waals surface area contributed by atoms with E-state index in [4.69, 9.17) is 9.47 Å². The molecule has 0 aromatic carbocycles. The molecule has 0 radical (unpaired) electrons. The van der Waals surface area contributed by atoms with E-state index < -0.39 is 0 Å². The van der Waals surface area contributed by atoms with E-state index in [1.807, 2.05) is 0 Å². The summed E-state index contributed by atoms with van der Waals surface area (Å²) >= 11 is 0. The molecule has 2 unspecified atom stereocenters. The summed E-state index contributed by atoms with van der Waals surface area (Å²) in [6.45, 7) is 14.2. The molecule has 2 atom stereocenters. The molecule has 0 aliphatic heterocycles. The monoisotopic (exact) mass is 440 g/mol. The standard InChI is InChI=1S/C27H52O4/c1-7-24(20-30-26(28)17-13-9-11-15-22(3)4)19-25(8-2)21-31-27(29)18-14-10-12-16-23(5)6/h22-25H,7-21H2,1-6H3. The molecular weight excluding hydrogens is 388 g/mol. The Hall–Kier alpha value is -1.06. The van der Waals surface area contributed by atoms with Crippen LogP contribution in [0.15, 0.2) is 0 Å². The van der Waals surface area contributed by atoms with Crippen molar-refractivity contribution in [3.8, 4) is 0 Å². The number of carbonyl (C=O) groups is 2. The maximum Gasteiger partial charge on any atom is 0.305 e. The molecule has 0 spiro atoms. The topological polar surface area (TPSA) is 52.6 Å². The third kappa shape index (κ3) is 19.4. The van der Waals surface area contributed by atoms with Crippen LogP contribution in [0.3, 0.4) is 0 Å². The van der Waals surface area contributed by atoms with Gasteiger partial charge in [-0.3, -0.25) is 9.59 Å². The lowest BCUT2D eigenvalue weighted by Gasteiger charge is -2.21. The van der Waals surface area contributed by atoms with Gasteiger partial charge in [0.05, 0.1) is 13.2 Å². The SMILES string of the molecule is CCC(COC(=O)CCCCCC(C)C)CC(CC)COC(=O)CCCCCC(C)C. The highest BCUT2D eigenvalue weighted by atomic mass is 16.5. The Labute approximate surface area is 193 Å². The van der Waals surface area contributed by atoms with Gasteiger partial charge in [0, 0.05) is 12.8 Å². The molecule has 0 saturated carbocycles. The van der Waals surface area contributed by atoms with Crippen molar-refractivity contribution in [2.75, 3.05) is 13.2 Å². The maximum absolute atomic E-state index is 12.0. The molecule has 0 aliphatic carbocycles. The number of hydrogen-bond donors (Lipinski definition) is 0. The number of carbonyl (C=O) groups excluding carboxylic acids is 2. The average Bonchev–Trinajstić information content (AvgIpc) is 2.72. The molecule has 0 N–H and O–H groups in total. The van der Waals surface area contributed by atoms with Crippen molar-refractivity contribution >= 4 is 11.9 Å². The first-order valence-corrected chi connectivity index (χ1v) is 13.1. The van der Waals surface area contributed by atoms with Crippen LogP contribution in [0.5, 0.6) is 0 Å². The van der Waals surface area contributed by atoms with Crippen molar-refractivity contribution in [1.29, 1.82) is 0 Å². The van der Waals surface area contributed by atoms with Gasteiger partial charge in [0.25, 0.3) is 0 Å². The summed E-state index contributed by atoms with van der Waals surface area (Å²) in [5, 5.41) is 0. The smallest absolute Gasteiger partial charge is 0.305 e. The van der Waals surface area contributed by atoms with Gasteiger partial charge >= 0.3 is 11.9 Å². The zero-order chi connectivity index (χ0) is 23.5. The fraction of sp³-hybridized carbons (Fsp3) is 0.926. The van der Waals surface area contributed by atoms with E-state index >= 15 is 0 Å². The lowest BCUT2D eigenvalue weighted by Crippen LogP contribution is -2.20. The highest BCUT2D eigenvalue weighted by Crippen LogP contribution is 2.20. The van der Waals surface area contributed by atoms with Crippen molar-refractivity contribution in [3.63, 3.8) is 0 Å². The number of ether oxygens (including phenoxy) is 2. The summed E-state index contributed by atoms with van der Waals surface area (Å²) in [5.41, 5.74) is 0. The maximum atomic E-state index is 12.0. The molecule has 0 aliphatic rings. The Morgan fingerprint density at radius 2 is 1.00 bits per heavy atom.